The van der Waals surface area contributed by atoms with E-state index in [9.17, 15) is 0 Å². The van der Waals surface area contributed by atoms with E-state index >= 15 is 0 Å². The molecule has 27 heavy (non-hydrogen) atoms. The van der Waals surface area contributed by atoms with Gasteiger partial charge in [-0.25, -0.2) is 5.57 Å². The molecular formula is C26H30Hf-2. The number of fused-ring (bicyclic) bond motifs is 2. The van der Waals surface area contributed by atoms with Gasteiger partial charge in [0.2, 0.25) is 0 Å². The minimum atomic E-state index is 0. The molecule has 0 aromatic heterocycles. The summed E-state index contributed by atoms with van der Waals surface area (Å²) in [5.41, 5.74) is 11.6. The average Bonchev–Trinajstić information content (AvgIpc) is 3.12. The van der Waals surface area contributed by atoms with Crippen molar-refractivity contribution in [3.05, 3.63) is 81.4 Å². The van der Waals surface area contributed by atoms with Crippen LogP contribution in [0.15, 0.2) is 36.4 Å². The Labute approximate surface area is 183 Å². The third kappa shape index (κ3) is 4.24. The molecular weight excluding hydrogens is 491 g/mol. The van der Waals surface area contributed by atoms with E-state index in [1.807, 2.05) is 0 Å². The molecule has 1 aliphatic rings. The van der Waals surface area contributed by atoms with Crippen molar-refractivity contribution in [1.29, 1.82) is 0 Å². The molecule has 1 aliphatic carbocycles. The molecule has 0 saturated heterocycles. The first kappa shape index (κ1) is 22.0. The van der Waals surface area contributed by atoms with E-state index in [4.69, 9.17) is 0 Å². The molecule has 4 rings (SSSR count). The molecule has 0 nitrogen and oxygen atoms in total. The Morgan fingerprint density at radius 3 is 1.85 bits per heavy atom. The molecule has 140 valence electrons. The summed E-state index contributed by atoms with van der Waals surface area (Å²) in [6.45, 7) is 15.5. The first-order valence-corrected chi connectivity index (χ1v) is 9.63. The van der Waals surface area contributed by atoms with E-state index in [1.54, 1.807) is 0 Å². The molecule has 0 saturated carbocycles. The summed E-state index contributed by atoms with van der Waals surface area (Å²) in [4.78, 5) is 0. The molecule has 0 radical (unpaired) electrons. The molecule has 1 heteroatoms. The second-order valence-electron chi connectivity index (χ2n) is 7.90. The molecule has 0 N–H and O–H groups in total. The van der Waals surface area contributed by atoms with Crippen LogP contribution in [0.1, 0.15) is 52.8 Å². The van der Waals surface area contributed by atoms with Gasteiger partial charge in [-0.15, -0.1) is 18.1 Å². The molecule has 0 fully saturated rings. The largest absolute Gasteiger partial charge is 0.268 e. The summed E-state index contributed by atoms with van der Waals surface area (Å²) < 4.78 is 0. The zero-order valence-corrected chi connectivity index (χ0v) is 21.3. The maximum Gasteiger partial charge on any atom is 0 e. The van der Waals surface area contributed by atoms with Crippen molar-refractivity contribution in [3.63, 3.8) is 0 Å². The van der Waals surface area contributed by atoms with Crippen LogP contribution >= 0.6 is 0 Å². The number of allylic oxidation sites excluding steroid dienone is 2. The van der Waals surface area contributed by atoms with Crippen molar-refractivity contribution in [2.45, 2.75) is 54.9 Å². The molecule has 0 aliphatic heterocycles. The summed E-state index contributed by atoms with van der Waals surface area (Å²) in [6, 6.07) is 13.2. The predicted molar refractivity (Wildman–Crippen MR) is 115 cm³/mol. The molecule has 0 amide bonds. The fourth-order valence-electron chi connectivity index (χ4n) is 3.89. The fourth-order valence-corrected chi connectivity index (χ4v) is 3.89. The van der Waals surface area contributed by atoms with Crippen LogP contribution in [0.25, 0.3) is 16.3 Å². The summed E-state index contributed by atoms with van der Waals surface area (Å²) in [5, 5.41) is 2.68. The first-order valence-electron chi connectivity index (χ1n) is 9.63. The van der Waals surface area contributed by atoms with Crippen molar-refractivity contribution in [1.82, 2.24) is 0 Å². The van der Waals surface area contributed by atoms with Gasteiger partial charge in [-0.1, -0.05) is 84.7 Å². The molecule has 0 bridgehead atoms. The Bertz CT molecular complexity index is 903. The van der Waals surface area contributed by atoms with Gasteiger partial charge in [0.05, 0.1) is 0 Å². The zero-order chi connectivity index (χ0) is 19.0. The summed E-state index contributed by atoms with van der Waals surface area (Å²) >= 11 is 0. The molecule has 0 spiro atoms. The third-order valence-corrected chi connectivity index (χ3v) is 6.12. The van der Waals surface area contributed by atoms with E-state index < -0.39 is 0 Å². The van der Waals surface area contributed by atoms with E-state index in [-0.39, 0.29) is 25.8 Å². The van der Waals surface area contributed by atoms with Crippen molar-refractivity contribution >= 4 is 16.3 Å². The van der Waals surface area contributed by atoms with Crippen LogP contribution in [0.5, 0.6) is 0 Å². The van der Waals surface area contributed by atoms with Crippen molar-refractivity contribution in [3.8, 4) is 0 Å². The summed E-state index contributed by atoms with van der Waals surface area (Å²) in [7, 11) is 0. The Morgan fingerprint density at radius 1 is 0.889 bits per heavy atom. The van der Waals surface area contributed by atoms with Gasteiger partial charge in [-0.2, -0.15) is 33.4 Å². The predicted octanol–water partition coefficient (Wildman–Crippen LogP) is 7.18. The van der Waals surface area contributed by atoms with Gasteiger partial charge in [-0.05, 0) is 10.8 Å². The normalized spacial score (nSPS) is 12.4. The Balaban J connectivity index is 0.000000208. The summed E-state index contributed by atoms with van der Waals surface area (Å²) in [5.74, 6) is 0.572. The smallest absolute Gasteiger partial charge is 0 e. The van der Waals surface area contributed by atoms with E-state index in [1.165, 1.54) is 55.3 Å². The average molecular weight is 521 g/mol. The van der Waals surface area contributed by atoms with E-state index in [0.29, 0.717) is 5.92 Å². The molecule has 0 unspecified atom stereocenters. The molecule has 3 aromatic rings. The van der Waals surface area contributed by atoms with Gasteiger partial charge in [0.25, 0.3) is 0 Å². The summed E-state index contributed by atoms with van der Waals surface area (Å²) in [6.07, 6.45) is 4.49. The number of hydrogen-bond acceptors (Lipinski definition) is 0. The van der Waals surface area contributed by atoms with E-state index in [2.05, 4.69) is 90.9 Å². The van der Waals surface area contributed by atoms with Gasteiger partial charge >= 0.3 is 0 Å². The SMILES string of the molecule is CC(C)C1=[C-]Cc2cc3ccccc3cc21.Cc1c(C)c(C)[c-](C)c1C.[Hf]. The Morgan fingerprint density at radius 2 is 1.41 bits per heavy atom. The minimum absolute atomic E-state index is 0. The van der Waals surface area contributed by atoms with Crippen LogP contribution < -0.4 is 0 Å². The number of rotatable bonds is 1. The van der Waals surface area contributed by atoms with Gasteiger partial charge < -0.3 is 0 Å². The van der Waals surface area contributed by atoms with Crippen molar-refractivity contribution in [2.24, 2.45) is 5.92 Å². The monoisotopic (exact) mass is 522 g/mol. The second kappa shape index (κ2) is 8.78. The van der Waals surface area contributed by atoms with Crippen LogP contribution in [0.2, 0.25) is 0 Å². The Kier molecular flexibility index (Phi) is 7.14. The van der Waals surface area contributed by atoms with Gasteiger partial charge in [0.1, 0.15) is 0 Å². The molecule has 0 atom stereocenters. The number of benzene rings is 2. The third-order valence-electron chi connectivity index (χ3n) is 6.12. The van der Waals surface area contributed by atoms with Crippen LogP contribution in [-0.2, 0) is 32.3 Å². The van der Waals surface area contributed by atoms with Crippen molar-refractivity contribution in [2.75, 3.05) is 0 Å². The zero-order valence-electron chi connectivity index (χ0n) is 17.7. The molecule has 3 aromatic carbocycles. The van der Waals surface area contributed by atoms with Crippen LogP contribution in [0.4, 0.5) is 0 Å². The van der Waals surface area contributed by atoms with Crippen LogP contribution in [0, 0.1) is 46.6 Å². The standard InChI is InChI=1S/C16H15.C10H15.Hf/c1-11(2)15-8-7-14-9-12-5-3-4-6-13(12)10-16(14)15;1-6-7(2)9(4)10(5)8(6)3;/h3-6,9-11H,7H2,1-2H3;1-5H3;/q2*-1;. The van der Waals surface area contributed by atoms with Crippen LogP contribution in [-0.4, -0.2) is 0 Å². The second-order valence-corrected chi connectivity index (χ2v) is 7.90. The molecule has 0 heterocycles. The topological polar surface area (TPSA) is 0 Å². The van der Waals surface area contributed by atoms with E-state index in [0.717, 1.165) is 6.42 Å². The number of hydrogen-bond donors (Lipinski definition) is 0. The maximum absolute atomic E-state index is 3.51. The minimum Gasteiger partial charge on any atom is -0.268 e. The maximum atomic E-state index is 3.51. The fraction of sp³-hybridized carbons (Fsp3) is 0.346. The first-order chi connectivity index (χ1) is 12.3. The van der Waals surface area contributed by atoms with Crippen molar-refractivity contribution < 1.29 is 25.8 Å². The van der Waals surface area contributed by atoms with Crippen LogP contribution in [0.3, 0.4) is 0 Å². The quantitative estimate of drug-likeness (QED) is 0.235. The Hall–Kier alpha value is -1.34. The van der Waals surface area contributed by atoms with Gasteiger partial charge in [0, 0.05) is 25.8 Å². The van der Waals surface area contributed by atoms with Gasteiger partial charge in [0.15, 0.2) is 0 Å². The van der Waals surface area contributed by atoms with Gasteiger partial charge in [-0.3, -0.25) is 6.08 Å².